The van der Waals surface area contributed by atoms with Crippen molar-refractivity contribution in [1.82, 2.24) is 0 Å². The van der Waals surface area contributed by atoms with E-state index in [4.69, 9.17) is 17.3 Å². The predicted molar refractivity (Wildman–Crippen MR) is 81.1 cm³/mol. The zero-order valence-electron chi connectivity index (χ0n) is 10.4. The molecule has 2 N–H and O–H groups in total. The van der Waals surface area contributed by atoms with E-state index in [9.17, 15) is 0 Å². The zero-order valence-corrected chi connectivity index (χ0v) is 12.7. The quantitative estimate of drug-likeness (QED) is 0.846. The van der Waals surface area contributed by atoms with Gasteiger partial charge in [0.1, 0.15) is 0 Å². The van der Waals surface area contributed by atoms with Gasteiger partial charge in [-0.2, -0.15) is 0 Å². The summed E-state index contributed by atoms with van der Waals surface area (Å²) < 4.78 is 0.962. The Labute approximate surface area is 121 Å². The Morgan fingerprint density at radius 1 is 1.06 bits per heavy atom. The van der Waals surface area contributed by atoms with Crippen LogP contribution in [0, 0.1) is 13.8 Å². The first kappa shape index (κ1) is 13.6. The van der Waals surface area contributed by atoms with Crippen molar-refractivity contribution in [3.63, 3.8) is 0 Å². The first-order valence-electron chi connectivity index (χ1n) is 5.76. The molecule has 3 heteroatoms. The first-order valence-corrected chi connectivity index (χ1v) is 6.94. The molecule has 2 aromatic rings. The molecule has 0 heterocycles. The lowest BCUT2D eigenvalue weighted by molar-refractivity contribution is 0.859. The zero-order chi connectivity index (χ0) is 13.3. The molecule has 0 aliphatic heterocycles. The average molecular weight is 325 g/mol. The molecule has 18 heavy (non-hydrogen) atoms. The van der Waals surface area contributed by atoms with Gasteiger partial charge in [0.2, 0.25) is 0 Å². The smallest absolute Gasteiger partial charge is 0.0569 e. The molecule has 0 fully saturated rings. The highest BCUT2D eigenvalue weighted by Crippen LogP contribution is 2.30. The molecule has 0 saturated carbocycles. The molecule has 0 spiro atoms. The minimum atomic E-state index is -0.189. The summed E-state index contributed by atoms with van der Waals surface area (Å²) in [6, 6.07) is 11.9. The lowest BCUT2D eigenvalue weighted by Gasteiger charge is -2.17. The van der Waals surface area contributed by atoms with Gasteiger partial charge in [-0.15, -0.1) is 0 Å². The van der Waals surface area contributed by atoms with Crippen LogP contribution in [0.4, 0.5) is 0 Å². The van der Waals surface area contributed by atoms with Gasteiger partial charge in [-0.3, -0.25) is 0 Å². The summed E-state index contributed by atoms with van der Waals surface area (Å²) in [4.78, 5) is 0. The second-order valence-corrected chi connectivity index (χ2v) is 5.83. The largest absolute Gasteiger partial charge is 0.320 e. The Balaban J connectivity index is 2.47. The van der Waals surface area contributed by atoms with E-state index in [-0.39, 0.29) is 6.04 Å². The maximum Gasteiger partial charge on any atom is 0.0569 e. The van der Waals surface area contributed by atoms with Crippen LogP contribution in [0.5, 0.6) is 0 Å². The molecule has 1 unspecified atom stereocenters. The van der Waals surface area contributed by atoms with Gasteiger partial charge in [0.05, 0.1) is 6.04 Å². The molecule has 1 atom stereocenters. The van der Waals surface area contributed by atoms with Crippen molar-refractivity contribution in [3.8, 4) is 0 Å². The fraction of sp³-hybridized carbons (Fsp3) is 0.200. The van der Waals surface area contributed by atoms with Gasteiger partial charge in [0, 0.05) is 9.50 Å². The number of halogens is 2. The van der Waals surface area contributed by atoms with Crippen molar-refractivity contribution in [2.24, 2.45) is 5.73 Å². The van der Waals surface area contributed by atoms with Gasteiger partial charge in [-0.1, -0.05) is 57.4 Å². The standard InChI is InChI=1S/C15H15BrClN/c1-9-3-4-10(2)13(7-9)15(18)12-6-5-11(16)8-14(12)17/h3-8,15H,18H2,1-2H3. The van der Waals surface area contributed by atoms with Crippen LogP contribution in [0.1, 0.15) is 28.3 Å². The van der Waals surface area contributed by atoms with Crippen molar-refractivity contribution in [1.29, 1.82) is 0 Å². The Hall–Kier alpha value is -0.830. The molecule has 0 aliphatic carbocycles. The topological polar surface area (TPSA) is 26.0 Å². The molecule has 2 rings (SSSR count). The summed E-state index contributed by atoms with van der Waals surface area (Å²) in [7, 11) is 0. The average Bonchev–Trinajstić information content (AvgIpc) is 2.31. The van der Waals surface area contributed by atoms with Crippen molar-refractivity contribution >= 4 is 27.5 Å². The summed E-state index contributed by atoms with van der Waals surface area (Å²) in [5.41, 5.74) is 10.8. The highest BCUT2D eigenvalue weighted by atomic mass is 79.9. The van der Waals surface area contributed by atoms with E-state index >= 15 is 0 Å². The van der Waals surface area contributed by atoms with Crippen LogP contribution >= 0.6 is 27.5 Å². The van der Waals surface area contributed by atoms with Crippen LogP contribution in [0.2, 0.25) is 5.02 Å². The van der Waals surface area contributed by atoms with Crippen LogP contribution < -0.4 is 5.73 Å². The lowest BCUT2D eigenvalue weighted by atomic mass is 9.94. The number of nitrogens with two attached hydrogens (primary N) is 1. The Bertz CT molecular complexity index is 581. The third-order valence-electron chi connectivity index (χ3n) is 3.07. The molecular formula is C15H15BrClN. The van der Waals surface area contributed by atoms with Gasteiger partial charge in [-0.05, 0) is 42.7 Å². The normalized spacial score (nSPS) is 12.5. The third-order valence-corrected chi connectivity index (χ3v) is 3.89. The second kappa shape index (κ2) is 5.43. The van der Waals surface area contributed by atoms with Gasteiger partial charge >= 0.3 is 0 Å². The van der Waals surface area contributed by atoms with Crippen molar-refractivity contribution in [2.75, 3.05) is 0 Å². The number of hydrogen-bond donors (Lipinski definition) is 1. The first-order chi connectivity index (χ1) is 8.49. The summed E-state index contributed by atoms with van der Waals surface area (Å²) in [5, 5.41) is 0.692. The molecule has 0 saturated heterocycles. The van der Waals surface area contributed by atoms with Gasteiger partial charge < -0.3 is 5.73 Å². The van der Waals surface area contributed by atoms with Crippen molar-refractivity contribution < 1.29 is 0 Å². The Morgan fingerprint density at radius 3 is 2.44 bits per heavy atom. The van der Waals surface area contributed by atoms with E-state index in [1.54, 1.807) is 0 Å². The van der Waals surface area contributed by atoms with E-state index in [0.717, 1.165) is 15.6 Å². The number of aryl methyl sites for hydroxylation is 2. The summed E-state index contributed by atoms with van der Waals surface area (Å²) in [6.45, 7) is 4.14. The maximum atomic E-state index is 6.34. The molecule has 0 radical (unpaired) electrons. The van der Waals surface area contributed by atoms with E-state index < -0.39 is 0 Å². The highest BCUT2D eigenvalue weighted by molar-refractivity contribution is 9.10. The molecule has 2 aromatic carbocycles. The van der Waals surface area contributed by atoms with Gasteiger partial charge in [0.25, 0.3) is 0 Å². The fourth-order valence-corrected chi connectivity index (χ4v) is 2.81. The molecule has 0 aromatic heterocycles. The number of hydrogen-bond acceptors (Lipinski definition) is 1. The minimum absolute atomic E-state index is 0.189. The monoisotopic (exact) mass is 323 g/mol. The Kier molecular flexibility index (Phi) is 4.10. The summed E-state index contributed by atoms with van der Waals surface area (Å²) in [6.07, 6.45) is 0. The summed E-state index contributed by atoms with van der Waals surface area (Å²) in [5.74, 6) is 0. The predicted octanol–water partition coefficient (Wildman–Crippen LogP) is 4.77. The third kappa shape index (κ3) is 2.77. The van der Waals surface area contributed by atoms with Gasteiger partial charge in [-0.25, -0.2) is 0 Å². The SMILES string of the molecule is Cc1ccc(C)c(C(N)c2ccc(Br)cc2Cl)c1. The van der Waals surface area contributed by atoms with Crippen LogP contribution in [-0.2, 0) is 0 Å². The molecule has 0 amide bonds. The van der Waals surface area contributed by atoms with Gasteiger partial charge in [0.15, 0.2) is 0 Å². The van der Waals surface area contributed by atoms with E-state index in [1.807, 2.05) is 18.2 Å². The van der Waals surface area contributed by atoms with Crippen LogP contribution in [-0.4, -0.2) is 0 Å². The van der Waals surface area contributed by atoms with Crippen LogP contribution in [0.3, 0.4) is 0 Å². The molecular weight excluding hydrogens is 310 g/mol. The van der Waals surface area contributed by atoms with Crippen LogP contribution in [0.15, 0.2) is 40.9 Å². The van der Waals surface area contributed by atoms with E-state index in [1.165, 1.54) is 11.1 Å². The highest BCUT2D eigenvalue weighted by Gasteiger charge is 2.14. The molecule has 1 nitrogen and oxygen atoms in total. The lowest BCUT2D eigenvalue weighted by Crippen LogP contribution is -2.14. The molecule has 0 aliphatic rings. The number of benzene rings is 2. The van der Waals surface area contributed by atoms with Crippen LogP contribution in [0.25, 0.3) is 0 Å². The Morgan fingerprint density at radius 2 is 1.78 bits per heavy atom. The van der Waals surface area contributed by atoms with E-state index in [2.05, 4.69) is 48.0 Å². The summed E-state index contributed by atoms with van der Waals surface area (Å²) >= 11 is 9.66. The second-order valence-electron chi connectivity index (χ2n) is 4.50. The molecule has 0 bridgehead atoms. The van der Waals surface area contributed by atoms with E-state index in [0.29, 0.717) is 5.02 Å². The van der Waals surface area contributed by atoms with Crippen molar-refractivity contribution in [2.45, 2.75) is 19.9 Å². The fourth-order valence-electron chi connectivity index (χ4n) is 2.02. The molecule has 94 valence electrons. The van der Waals surface area contributed by atoms with Crippen molar-refractivity contribution in [3.05, 3.63) is 68.1 Å². The number of rotatable bonds is 2. The maximum absolute atomic E-state index is 6.34. The minimum Gasteiger partial charge on any atom is -0.320 e.